The van der Waals surface area contributed by atoms with Crippen LogP contribution >= 0.6 is 0 Å². The third kappa shape index (κ3) is 1.84. The van der Waals surface area contributed by atoms with Gasteiger partial charge in [-0.05, 0) is 32.6 Å². The van der Waals surface area contributed by atoms with Crippen molar-refractivity contribution in [2.45, 2.75) is 32.8 Å². The molecule has 2 atom stereocenters. The molecule has 0 aromatic rings. The van der Waals surface area contributed by atoms with Gasteiger partial charge in [-0.2, -0.15) is 0 Å². The highest BCUT2D eigenvalue weighted by molar-refractivity contribution is 4.97. The SMILES string of the molecule is C=C(C)C1CCO[C@H](C)C1. The average Bonchev–Trinajstić information content (AvgIpc) is 1.88. The van der Waals surface area contributed by atoms with Gasteiger partial charge in [0.1, 0.15) is 0 Å². The van der Waals surface area contributed by atoms with Gasteiger partial charge in [0.2, 0.25) is 0 Å². The number of rotatable bonds is 1. The molecule has 0 aliphatic carbocycles. The zero-order chi connectivity index (χ0) is 7.56. The zero-order valence-electron chi connectivity index (χ0n) is 6.89. The topological polar surface area (TPSA) is 9.23 Å². The van der Waals surface area contributed by atoms with Gasteiger partial charge in [0.15, 0.2) is 0 Å². The average molecular weight is 140 g/mol. The van der Waals surface area contributed by atoms with E-state index in [1.54, 1.807) is 0 Å². The van der Waals surface area contributed by atoms with Crippen LogP contribution in [0.5, 0.6) is 0 Å². The quantitative estimate of drug-likeness (QED) is 0.508. The molecule has 0 amide bonds. The summed E-state index contributed by atoms with van der Waals surface area (Å²) in [5, 5.41) is 0. The van der Waals surface area contributed by atoms with E-state index in [4.69, 9.17) is 4.74 Å². The smallest absolute Gasteiger partial charge is 0.0552 e. The van der Waals surface area contributed by atoms with Crippen LogP contribution in [-0.4, -0.2) is 12.7 Å². The van der Waals surface area contributed by atoms with Gasteiger partial charge in [-0.25, -0.2) is 0 Å². The highest BCUT2D eigenvalue weighted by Gasteiger charge is 2.18. The van der Waals surface area contributed by atoms with E-state index < -0.39 is 0 Å². The predicted octanol–water partition coefficient (Wildman–Crippen LogP) is 2.38. The zero-order valence-corrected chi connectivity index (χ0v) is 6.89. The Morgan fingerprint density at radius 1 is 1.60 bits per heavy atom. The molecular formula is C9H16O. The standard InChI is InChI=1S/C9H16O/c1-7(2)9-4-5-10-8(3)6-9/h8-9H,1,4-6H2,2-3H3/t8-,9?/m1/s1. The first kappa shape index (κ1) is 7.80. The van der Waals surface area contributed by atoms with Gasteiger partial charge < -0.3 is 4.74 Å². The highest BCUT2D eigenvalue weighted by atomic mass is 16.5. The lowest BCUT2D eigenvalue weighted by molar-refractivity contribution is 0.0104. The van der Waals surface area contributed by atoms with E-state index in [2.05, 4.69) is 20.4 Å². The lowest BCUT2D eigenvalue weighted by Crippen LogP contribution is -2.23. The van der Waals surface area contributed by atoms with E-state index in [9.17, 15) is 0 Å². The van der Waals surface area contributed by atoms with Crippen LogP contribution in [0.4, 0.5) is 0 Å². The van der Waals surface area contributed by atoms with Crippen LogP contribution in [0, 0.1) is 5.92 Å². The maximum Gasteiger partial charge on any atom is 0.0552 e. The molecule has 58 valence electrons. The van der Waals surface area contributed by atoms with Crippen molar-refractivity contribution < 1.29 is 4.74 Å². The summed E-state index contributed by atoms with van der Waals surface area (Å²) < 4.78 is 5.42. The molecule has 1 aliphatic rings. The summed E-state index contributed by atoms with van der Waals surface area (Å²) >= 11 is 0. The number of hydrogen-bond acceptors (Lipinski definition) is 1. The Morgan fingerprint density at radius 2 is 2.30 bits per heavy atom. The van der Waals surface area contributed by atoms with Crippen LogP contribution in [0.25, 0.3) is 0 Å². The van der Waals surface area contributed by atoms with Crippen molar-refractivity contribution in [2.24, 2.45) is 5.92 Å². The lowest BCUT2D eigenvalue weighted by Gasteiger charge is -2.27. The van der Waals surface area contributed by atoms with Gasteiger partial charge in [-0.1, -0.05) is 12.2 Å². The molecule has 1 heteroatoms. The normalized spacial score (nSPS) is 33.8. The molecule has 1 fully saturated rings. The fourth-order valence-electron chi connectivity index (χ4n) is 1.45. The fraction of sp³-hybridized carbons (Fsp3) is 0.778. The van der Waals surface area contributed by atoms with Crippen LogP contribution in [0.3, 0.4) is 0 Å². The molecule has 0 spiro atoms. The molecule has 0 aromatic heterocycles. The van der Waals surface area contributed by atoms with Crippen LogP contribution in [0.1, 0.15) is 26.7 Å². The Labute approximate surface area is 63.1 Å². The Bertz CT molecular complexity index is 129. The summed E-state index contributed by atoms with van der Waals surface area (Å²) in [5.74, 6) is 0.712. The molecule has 0 aromatic carbocycles. The summed E-state index contributed by atoms with van der Waals surface area (Å²) in [6.07, 6.45) is 2.77. The Hall–Kier alpha value is -0.300. The molecule has 1 nitrogen and oxygen atoms in total. The summed E-state index contributed by atoms with van der Waals surface area (Å²) in [6.45, 7) is 9.12. The molecule has 0 radical (unpaired) electrons. The number of hydrogen-bond donors (Lipinski definition) is 0. The third-order valence-electron chi connectivity index (χ3n) is 2.18. The first-order valence-corrected chi connectivity index (χ1v) is 3.97. The summed E-state index contributed by atoms with van der Waals surface area (Å²) in [6, 6.07) is 0. The van der Waals surface area contributed by atoms with Gasteiger partial charge >= 0.3 is 0 Å². The first-order chi connectivity index (χ1) is 4.70. The second-order valence-corrected chi connectivity index (χ2v) is 3.25. The fourth-order valence-corrected chi connectivity index (χ4v) is 1.45. The van der Waals surface area contributed by atoms with E-state index in [0.29, 0.717) is 12.0 Å². The minimum absolute atomic E-state index is 0.440. The largest absolute Gasteiger partial charge is 0.378 e. The van der Waals surface area contributed by atoms with Crippen molar-refractivity contribution in [1.29, 1.82) is 0 Å². The molecule has 1 saturated heterocycles. The number of allylic oxidation sites excluding steroid dienone is 1. The monoisotopic (exact) mass is 140 g/mol. The van der Waals surface area contributed by atoms with E-state index in [-0.39, 0.29) is 0 Å². The van der Waals surface area contributed by atoms with Crippen molar-refractivity contribution in [1.82, 2.24) is 0 Å². The number of ether oxygens (including phenoxy) is 1. The molecule has 0 N–H and O–H groups in total. The first-order valence-electron chi connectivity index (χ1n) is 3.97. The van der Waals surface area contributed by atoms with Crippen LogP contribution in [-0.2, 0) is 4.74 Å². The molecular weight excluding hydrogens is 124 g/mol. The second-order valence-electron chi connectivity index (χ2n) is 3.25. The van der Waals surface area contributed by atoms with Gasteiger partial charge in [-0.3, -0.25) is 0 Å². The highest BCUT2D eigenvalue weighted by Crippen LogP contribution is 2.24. The maximum absolute atomic E-state index is 5.42. The summed E-state index contributed by atoms with van der Waals surface area (Å²) in [5.41, 5.74) is 1.31. The lowest BCUT2D eigenvalue weighted by atomic mass is 9.91. The van der Waals surface area contributed by atoms with Gasteiger partial charge in [0, 0.05) is 6.61 Å². The van der Waals surface area contributed by atoms with Gasteiger partial charge in [0.25, 0.3) is 0 Å². The van der Waals surface area contributed by atoms with Crippen LogP contribution in [0.15, 0.2) is 12.2 Å². The Balaban J connectivity index is 2.39. The minimum atomic E-state index is 0.440. The molecule has 10 heavy (non-hydrogen) atoms. The van der Waals surface area contributed by atoms with Gasteiger partial charge in [0.05, 0.1) is 6.10 Å². The van der Waals surface area contributed by atoms with Crippen molar-refractivity contribution in [3.63, 3.8) is 0 Å². The maximum atomic E-state index is 5.42. The van der Waals surface area contributed by atoms with Crippen molar-refractivity contribution in [2.75, 3.05) is 6.61 Å². The van der Waals surface area contributed by atoms with E-state index >= 15 is 0 Å². The predicted molar refractivity (Wildman–Crippen MR) is 43.0 cm³/mol. The van der Waals surface area contributed by atoms with Crippen LogP contribution < -0.4 is 0 Å². The van der Waals surface area contributed by atoms with Crippen molar-refractivity contribution in [3.05, 3.63) is 12.2 Å². The summed E-state index contributed by atoms with van der Waals surface area (Å²) in [4.78, 5) is 0. The van der Waals surface area contributed by atoms with E-state index in [1.165, 1.54) is 12.0 Å². The Morgan fingerprint density at radius 3 is 2.70 bits per heavy atom. The van der Waals surface area contributed by atoms with E-state index in [1.807, 2.05) is 0 Å². The second kappa shape index (κ2) is 3.20. The van der Waals surface area contributed by atoms with Gasteiger partial charge in [-0.15, -0.1) is 0 Å². The summed E-state index contributed by atoms with van der Waals surface area (Å²) in [7, 11) is 0. The molecule has 1 heterocycles. The Kier molecular flexibility index (Phi) is 2.50. The minimum Gasteiger partial charge on any atom is -0.378 e. The van der Waals surface area contributed by atoms with Crippen molar-refractivity contribution >= 4 is 0 Å². The molecule has 1 aliphatic heterocycles. The van der Waals surface area contributed by atoms with E-state index in [0.717, 1.165) is 13.0 Å². The van der Waals surface area contributed by atoms with Crippen molar-refractivity contribution in [3.8, 4) is 0 Å². The third-order valence-corrected chi connectivity index (χ3v) is 2.18. The molecule has 1 rings (SSSR count). The molecule has 0 bridgehead atoms. The van der Waals surface area contributed by atoms with Crippen LogP contribution in [0.2, 0.25) is 0 Å². The molecule has 0 saturated carbocycles. The molecule has 1 unspecified atom stereocenters.